The van der Waals surface area contributed by atoms with Gasteiger partial charge in [-0.15, -0.1) is 11.3 Å². The normalized spacial score (nSPS) is 24.0. The summed E-state index contributed by atoms with van der Waals surface area (Å²) in [5.41, 5.74) is 1.67. The van der Waals surface area contributed by atoms with Crippen molar-refractivity contribution in [2.45, 2.75) is 56.0 Å². The largest absolute Gasteiger partial charge is 0.487 e. The molecule has 13 heteroatoms. The van der Waals surface area contributed by atoms with E-state index in [1.807, 2.05) is 35.2 Å². The van der Waals surface area contributed by atoms with E-state index in [1.165, 1.54) is 11.0 Å². The van der Waals surface area contributed by atoms with E-state index < -0.39 is 29.5 Å². The van der Waals surface area contributed by atoms with Crippen LogP contribution in [0.1, 0.15) is 32.1 Å². The van der Waals surface area contributed by atoms with Crippen molar-refractivity contribution in [2.24, 2.45) is 0 Å². The van der Waals surface area contributed by atoms with Crippen molar-refractivity contribution in [3.05, 3.63) is 65.4 Å². The maximum absolute atomic E-state index is 14.6. The van der Waals surface area contributed by atoms with Gasteiger partial charge in [0.1, 0.15) is 30.2 Å². The fourth-order valence-corrected chi connectivity index (χ4v) is 8.58. The Labute approximate surface area is 285 Å². The molecule has 4 fully saturated rings. The smallest absolute Gasteiger partial charge is 0.319 e. The van der Waals surface area contributed by atoms with Crippen molar-refractivity contribution in [2.75, 3.05) is 50.8 Å². The van der Waals surface area contributed by atoms with Crippen molar-refractivity contribution < 1.29 is 27.4 Å². The number of halogens is 3. The minimum atomic E-state index is -1.07. The van der Waals surface area contributed by atoms with Crippen molar-refractivity contribution >= 4 is 44.1 Å². The monoisotopic (exact) mass is 688 g/mol. The highest BCUT2D eigenvalue weighted by molar-refractivity contribution is 7.17. The molecule has 3 atom stereocenters. The highest BCUT2D eigenvalue weighted by Gasteiger charge is 2.49. The molecule has 0 N–H and O–H groups in total. The summed E-state index contributed by atoms with van der Waals surface area (Å²) in [7, 11) is 0. The Bertz CT molecular complexity index is 2010. The first kappa shape index (κ1) is 31.8. The maximum Gasteiger partial charge on any atom is 0.319 e. The summed E-state index contributed by atoms with van der Waals surface area (Å²) in [6.07, 6.45) is 3.06. The van der Waals surface area contributed by atoms with Gasteiger partial charge in [-0.3, -0.25) is 9.69 Å². The Morgan fingerprint density at radius 3 is 2.78 bits per heavy atom. The number of hydrogen-bond acceptors (Lipinski definition) is 8. The molecule has 2 aromatic heterocycles. The van der Waals surface area contributed by atoms with Crippen molar-refractivity contribution in [3.63, 3.8) is 0 Å². The number of carbonyl (C=O) groups is 1. The van der Waals surface area contributed by atoms with Gasteiger partial charge in [0.15, 0.2) is 16.7 Å². The van der Waals surface area contributed by atoms with Crippen LogP contribution in [0.5, 0.6) is 11.8 Å². The van der Waals surface area contributed by atoms with E-state index in [1.54, 1.807) is 0 Å². The number of ether oxygens (including phenoxy) is 2. The molecule has 4 aromatic rings. The lowest BCUT2D eigenvalue weighted by molar-refractivity contribution is -0.131. The summed E-state index contributed by atoms with van der Waals surface area (Å²) in [5, 5.41) is 1.17. The molecule has 4 aliphatic rings. The molecule has 3 aliphatic heterocycles. The van der Waals surface area contributed by atoms with Gasteiger partial charge in [-0.1, -0.05) is 18.7 Å². The van der Waals surface area contributed by atoms with E-state index in [9.17, 15) is 18.0 Å². The van der Waals surface area contributed by atoms with Crippen molar-refractivity contribution in [1.29, 1.82) is 0 Å². The van der Waals surface area contributed by atoms with E-state index in [4.69, 9.17) is 26.0 Å². The molecule has 1 amide bonds. The van der Waals surface area contributed by atoms with E-state index in [2.05, 4.69) is 16.3 Å². The second-order valence-electron chi connectivity index (χ2n) is 13.5. The van der Waals surface area contributed by atoms with Crippen LogP contribution in [-0.2, 0) is 4.79 Å². The molecule has 254 valence electrons. The average Bonchev–Trinajstić information content (AvgIpc) is 3.57. The van der Waals surface area contributed by atoms with E-state index in [0.29, 0.717) is 42.0 Å². The van der Waals surface area contributed by atoms with Gasteiger partial charge >= 0.3 is 6.01 Å². The topological polar surface area (TPSA) is 75.4 Å². The number of aromatic nitrogens is 2. The fraction of sp³-hybridized carbons (Fsp3) is 0.444. The second kappa shape index (κ2) is 12.5. The van der Waals surface area contributed by atoms with Crippen molar-refractivity contribution in [3.8, 4) is 22.9 Å². The fourth-order valence-electron chi connectivity index (χ4n) is 7.77. The molecule has 0 bridgehead atoms. The first-order valence-electron chi connectivity index (χ1n) is 16.7. The van der Waals surface area contributed by atoms with E-state index in [0.717, 1.165) is 64.8 Å². The lowest BCUT2D eigenvalue weighted by atomic mass is 9.95. The molecule has 0 unspecified atom stereocenters. The highest BCUT2D eigenvalue weighted by atomic mass is 32.1. The zero-order chi connectivity index (χ0) is 33.9. The summed E-state index contributed by atoms with van der Waals surface area (Å²) in [4.78, 5) is 31.6. The van der Waals surface area contributed by atoms with Gasteiger partial charge < -0.3 is 24.1 Å². The van der Waals surface area contributed by atoms with Gasteiger partial charge in [0.2, 0.25) is 6.54 Å². The lowest BCUT2D eigenvalue weighted by Crippen LogP contribution is -2.56. The number of nitrogens with zero attached hydrogens (tertiary/aromatic N) is 6. The quantitative estimate of drug-likeness (QED) is 0.146. The molecule has 3 saturated heterocycles. The summed E-state index contributed by atoms with van der Waals surface area (Å²) < 4.78 is 56.9. The van der Waals surface area contributed by atoms with Crippen LogP contribution in [0.15, 0.2) is 48.8 Å². The molecule has 9 nitrogen and oxygen atoms in total. The van der Waals surface area contributed by atoms with Crippen LogP contribution in [0.2, 0.25) is 0 Å². The predicted octanol–water partition coefficient (Wildman–Crippen LogP) is 6.57. The number of piperazine rings is 1. The van der Waals surface area contributed by atoms with Crippen molar-refractivity contribution in [1.82, 2.24) is 19.8 Å². The molecular formula is C36H35F3N6O3S. The van der Waals surface area contributed by atoms with Gasteiger partial charge in [0.05, 0.1) is 11.6 Å². The third-order valence-corrected chi connectivity index (χ3v) is 11.1. The van der Waals surface area contributed by atoms with Gasteiger partial charge in [-0.2, -0.15) is 14.4 Å². The van der Waals surface area contributed by atoms with E-state index in [-0.39, 0.29) is 43.5 Å². The van der Waals surface area contributed by atoms with Crippen LogP contribution in [-0.4, -0.2) is 95.4 Å². The first-order chi connectivity index (χ1) is 23.7. The Morgan fingerprint density at radius 1 is 1.12 bits per heavy atom. The average molecular weight is 689 g/mol. The predicted molar refractivity (Wildman–Crippen MR) is 182 cm³/mol. The van der Waals surface area contributed by atoms with Gasteiger partial charge in [-0.05, 0) is 62.1 Å². The van der Waals surface area contributed by atoms with E-state index >= 15 is 0 Å². The third kappa shape index (κ3) is 5.84. The Kier molecular flexibility index (Phi) is 8.11. The Hall–Kier alpha value is -4.41. The molecule has 49 heavy (non-hydrogen) atoms. The van der Waals surface area contributed by atoms with Crippen LogP contribution in [0, 0.1) is 11.7 Å². The summed E-state index contributed by atoms with van der Waals surface area (Å²) in [6, 6.07) is 10.6. The first-order valence-corrected chi connectivity index (χ1v) is 17.5. The Morgan fingerprint density at radius 2 is 1.98 bits per heavy atom. The van der Waals surface area contributed by atoms with Crippen LogP contribution < -0.4 is 14.4 Å². The number of carbonyl (C=O) groups excluding carboxylic acids is 1. The molecule has 2 aromatic carbocycles. The number of alkyl halides is 1. The minimum Gasteiger partial charge on any atom is -0.487 e. The zero-order valence-electron chi connectivity index (χ0n) is 26.8. The van der Waals surface area contributed by atoms with Gasteiger partial charge in [0.25, 0.3) is 5.91 Å². The summed E-state index contributed by atoms with van der Waals surface area (Å²) >= 11 is 1.09. The maximum atomic E-state index is 14.6. The van der Waals surface area contributed by atoms with Gasteiger partial charge in [-0.25, -0.2) is 15.4 Å². The Balaban J connectivity index is 1.25. The number of amides is 1. The molecule has 5 heterocycles. The highest BCUT2D eigenvalue weighted by Crippen LogP contribution is 2.46. The molecule has 0 radical (unpaired) electrons. The number of thiophene rings is 1. The number of hydrogen-bond donors (Lipinski definition) is 0. The molecule has 8 rings (SSSR count). The van der Waals surface area contributed by atoms with Crippen LogP contribution >= 0.6 is 11.3 Å². The molecule has 1 saturated carbocycles. The van der Waals surface area contributed by atoms with Gasteiger partial charge in [0, 0.05) is 53.6 Å². The molecular weight excluding hydrogens is 653 g/mol. The number of anilines is 1. The number of rotatable bonds is 9. The standard InChI is InChI=1S/C36H35F3N6O3S/c1-21(37)34(46)45-14-13-43(19-23(45)17-40-2)33-27-10-9-26(25-5-3-6-29-28(25)15-30(39)49-29)32(48-24-7-8-24)31(27)41-35(42-33)47-20-36-11-4-12-44(36)18-22(38)16-36/h3,5-6,9-10,15,22-24H,1,4,7-8,11-14,16-20H2/t22-,23+,36+/m1/s1. The number of fused-ring (bicyclic) bond motifs is 3. The van der Waals surface area contributed by atoms with Crippen LogP contribution in [0.3, 0.4) is 0 Å². The molecule has 1 aliphatic carbocycles. The minimum absolute atomic E-state index is 0.00265. The summed E-state index contributed by atoms with van der Waals surface area (Å²) in [6.45, 7) is 12.8. The van der Waals surface area contributed by atoms with Crippen LogP contribution in [0.4, 0.5) is 19.0 Å². The number of benzene rings is 2. The lowest BCUT2D eigenvalue weighted by Gasteiger charge is -2.39. The SMILES string of the molecule is [C-]#[N+]C[C@H]1CN(c2nc(OC[C@@]34CCCN3C[C@H](F)C4)nc3c(OC4CC4)c(-c4cccc5sc(F)cc45)ccc23)CCN1C(=O)C(=C)F. The zero-order valence-corrected chi connectivity index (χ0v) is 27.7. The van der Waals surface area contributed by atoms with Crippen LogP contribution in [0.25, 0.3) is 37.0 Å². The third-order valence-electron chi connectivity index (χ3n) is 10.2. The molecule has 0 spiro atoms. The summed E-state index contributed by atoms with van der Waals surface area (Å²) in [5.74, 6) is -0.817. The second-order valence-corrected chi connectivity index (χ2v) is 14.5.